The topological polar surface area (TPSA) is 84.7 Å². The summed E-state index contributed by atoms with van der Waals surface area (Å²) >= 11 is 1.48. The van der Waals surface area contributed by atoms with E-state index in [4.69, 9.17) is 0 Å². The molecule has 114 valence electrons. The average molecular weight is 308 g/mol. The van der Waals surface area contributed by atoms with Crippen LogP contribution in [0.25, 0.3) is 5.95 Å². The van der Waals surface area contributed by atoms with Gasteiger partial charge in [0.2, 0.25) is 17.1 Å². The van der Waals surface area contributed by atoms with E-state index in [2.05, 4.69) is 49.1 Å². The first-order valence-corrected chi connectivity index (χ1v) is 8.15. The van der Waals surface area contributed by atoms with E-state index in [1.54, 1.807) is 11.0 Å². The van der Waals surface area contributed by atoms with Gasteiger partial charge in [-0.3, -0.25) is 0 Å². The first-order valence-electron chi connectivity index (χ1n) is 6.92. The summed E-state index contributed by atoms with van der Waals surface area (Å²) in [6.07, 6.45) is 3.54. The van der Waals surface area contributed by atoms with Crippen molar-refractivity contribution < 1.29 is 0 Å². The van der Waals surface area contributed by atoms with Crippen LogP contribution in [0.1, 0.15) is 20.8 Å². The lowest BCUT2D eigenvalue weighted by molar-refractivity contribution is 0.747. The van der Waals surface area contributed by atoms with Crippen LogP contribution in [0.3, 0.4) is 0 Å². The van der Waals surface area contributed by atoms with Crippen LogP contribution >= 0.6 is 11.8 Å². The molecule has 0 amide bonds. The first kappa shape index (κ1) is 15.5. The summed E-state index contributed by atoms with van der Waals surface area (Å²) in [5.41, 5.74) is 0. The van der Waals surface area contributed by atoms with Gasteiger partial charge < -0.3 is 10.2 Å². The second-order valence-electron chi connectivity index (χ2n) is 4.14. The van der Waals surface area contributed by atoms with E-state index in [1.165, 1.54) is 11.8 Å². The minimum absolute atomic E-state index is 0.468. The van der Waals surface area contributed by atoms with Crippen molar-refractivity contribution in [3.8, 4) is 5.95 Å². The molecular formula is C12H20N8S. The molecule has 2 aromatic rings. The summed E-state index contributed by atoms with van der Waals surface area (Å²) in [5.74, 6) is 1.66. The third-order valence-corrected chi connectivity index (χ3v) is 3.40. The largest absolute Gasteiger partial charge is 0.354 e. The fourth-order valence-electron chi connectivity index (χ4n) is 1.78. The van der Waals surface area contributed by atoms with Crippen molar-refractivity contribution in [3.63, 3.8) is 0 Å². The third kappa shape index (κ3) is 3.60. The fourth-order valence-corrected chi connectivity index (χ4v) is 2.10. The second-order valence-corrected chi connectivity index (χ2v) is 4.91. The molecule has 0 aliphatic heterocycles. The van der Waals surface area contributed by atoms with E-state index < -0.39 is 0 Å². The van der Waals surface area contributed by atoms with Crippen LogP contribution in [-0.2, 0) is 0 Å². The smallest absolute Gasteiger partial charge is 0.258 e. The van der Waals surface area contributed by atoms with E-state index in [1.807, 2.05) is 13.2 Å². The standard InChI is InChI=1S/C12H20N8S/c1-5-13-9-15-10(19(6-2)7-3)17-11(16-9)20-8-14-12(18-20)21-4/h8H,5-7H2,1-4H3,(H,13,15,16,17). The highest BCUT2D eigenvalue weighted by atomic mass is 32.2. The molecule has 0 atom stereocenters. The molecule has 0 unspecified atom stereocenters. The molecule has 0 radical (unpaired) electrons. The summed E-state index contributed by atoms with van der Waals surface area (Å²) < 4.78 is 1.57. The van der Waals surface area contributed by atoms with Crippen molar-refractivity contribution in [3.05, 3.63) is 6.33 Å². The lowest BCUT2D eigenvalue weighted by Gasteiger charge is -2.19. The van der Waals surface area contributed by atoms with Crippen molar-refractivity contribution in [1.82, 2.24) is 29.7 Å². The molecule has 1 N–H and O–H groups in total. The highest BCUT2D eigenvalue weighted by Crippen LogP contribution is 2.14. The van der Waals surface area contributed by atoms with E-state index in [0.29, 0.717) is 23.0 Å². The summed E-state index contributed by atoms with van der Waals surface area (Å²) in [4.78, 5) is 19.6. The van der Waals surface area contributed by atoms with Crippen LogP contribution in [0.5, 0.6) is 0 Å². The molecule has 0 aliphatic rings. The lowest BCUT2D eigenvalue weighted by Crippen LogP contribution is -2.25. The molecule has 2 aromatic heterocycles. The predicted octanol–water partition coefficient (Wildman–Crippen LogP) is 1.45. The van der Waals surface area contributed by atoms with Crippen molar-refractivity contribution >= 4 is 23.7 Å². The van der Waals surface area contributed by atoms with Gasteiger partial charge in [0.15, 0.2) is 0 Å². The van der Waals surface area contributed by atoms with Gasteiger partial charge in [-0.25, -0.2) is 4.98 Å². The van der Waals surface area contributed by atoms with Gasteiger partial charge in [-0.2, -0.15) is 19.6 Å². The zero-order valence-electron chi connectivity index (χ0n) is 12.7. The van der Waals surface area contributed by atoms with E-state index >= 15 is 0 Å². The Balaban J connectivity index is 2.43. The monoisotopic (exact) mass is 308 g/mol. The molecule has 2 heterocycles. The molecule has 21 heavy (non-hydrogen) atoms. The molecular weight excluding hydrogens is 288 g/mol. The van der Waals surface area contributed by atoms with Gasteiger partial charge in [0.1, 0.15) is 6.33 Å². The molecule has 2 rings (SSSR count). The van der Waals surface area contributed by atoms with Gasteiger partial charge in [0.25, 0.3) is 5.95 Å². The van der Waals surface area contributed by atoms with Gasteiger partial charge in [-0.15, -0.1) is 5.10 Å². The quantitative estimate of drug-likeness (QED) is 0.769. The Labute approximate surface area is 128 Å². The fraction of sp³-hybridized carbons (Fsp3) is 0.583. The molecule has 8 nitrogen and oxygen atoms in total. The predicted molar refractivity (Wildman–Crippen MR) is 84.2 cm³/mol. The summed E-state index contributed by atoms with van der Waals surface area (Å²) in [6, 6.07) is 0. The SMILES string of the molecule is CCNc1nc(N(CC)CC)nc(-n2cnc(SC)n2)n1. The molecule has 0 saturated carbocycles. The van der Waals surface area contributed by atoms with Crippen LogP contribution in [0.2, 0.25) is 0 Å². The van der Waals surface area contributed by atoms with Crippen LogP contribution in [0.15, 0.2) is 11.5 Å². The minimum Gasteiger partial charge on any atom is -0.354 e. The van der Waals surface area contributed by atoms with Gasteiger partial charge in [0.05, 0.1) is 0 Å². The number of aromatic nitrogens is 6. The Morgan fingerprint density at radius 3 is 2.52 bits per heavy atom. The zero-order valence-corrected chi connectivity index (χ0v) is 13.6. The third-order valence-electron chi connectivity index (χ3n) is 2.85. The van der Waals surface area contributed by atoms with E-state index in [9.17, 15) is 0 Å². The Hall–Kier alpha value is -1.90. The van der Waals surface area contributed by atoms with Crippen molar-refractivity contribution in [2.75, 3.05) is 36.1 Å². The van der Waals surface area contributed by atoms with Crippen LogP contribution < -0.4 is 10.2 Å². The average Bonchev–Trinajstić information content (AvgIpc) is 2.98. The maximum Gasteiger partial charge on any atom is 0.258 e. The van der Waals surface area contributed by atoms with Gasteiger partial charge >= 0.3 is 0 Å². The van der Waals surface area contributed by atoms with Gasteiger partial charge in [-0.1, -0.05) is 11.8 Å². The second kappa shape index (κ2) is 7.21. The Morgan fingerprint density at radius 2 is 1.95 bits per heavy atom. The minimum atomic E-state index is 0.468. The highest BCUT2D eigenvalue weighted by molar-refractivity contribution is 7.98. The number of nitrogens with zero attached hydrogens (tertiary/aromatic N) is 7. The number of hydrogen-bond donors (Lipinski definition) is 1. The van der Waals surface area contributed by atoms with Gasteiger partial charge in [0, 0.05) is 19.6 Å². The van der Waals surface area contributed by atoms with E-state index in [-0.39, 0.29) is 0 Å². The van der Waals surface area contributed by atoms with Crippen LogP contribution in [-0.4, -0.2) is 55.6 Å². The number of thioether (sulfide) groups is 1. The molecule has 0 saturated heterocycles. The highest BCUT2D eigenvalue weighted by Gasteiger charge is 2.13. The van der Waals surface area contributed by atoms with Crippen LogP contribution in [0, 0.1) is 0 Å². The van der Waals surface area contributed by atoms with Crippen molar-refractivity contribution in [2.24, 2.45) is 0 Å². The molecule has 0 bridgehead atoms. The Bertz CT molecular complexity index is 580. The molecule has 0 spiro atoms. The Morgan fingerprint density at radius 1 is 1.19 bits per heavy atom. The van der Waals surface area contributed by atoms with Crippen molar-refractivity contribution in [1.29, 1.82) is 0 Å². The lowest BCUT2D eigenvalue weighted by atomic mass is 10.5. The molecule has 9 heteroatoms. The van der Waals surface area contributed by atoms with E-state index in [0.717, 1.165) is 19.6 Å². The van der Waals surface area contributed by atoms with Crippen molar-refractivity contribution in [2.45, 2.75) is 25.9 Å². The summed E-state index contributed by atoms with van der Waals surface area (Å²) in [6.45, 7) is 8.55. The maximum absolute atomic E-state index is 4.49. The normalized spacial score (nSPS) is 10.7. The number of hydrogen-bond acceptors (Lipinski definition) is 8. The Kier molecular flexibility index (Phi) is 5.32. The number of anilines is 2. The number of rotatable bonds is 7. The van der Waals surface area contributed by atoms with Crippen LogP contribution in [0.4, 0.5) is 11.9 Å². The summed E-state index contributed by atoms with van der Waals surface area (Å²) in [7, 11) is 0. The van der Waals surface area contributed by atoms with Gasteiger partial charge in [-0.05, 0) is 27.0 Å². The maximum atomic E-state index is 4.49. The first-order chi connectivity index (χ1) is 10.2. The number of nitrogens with one attached hydrogen (secondary N) is 1. The molecule has 0 aliphatic carbocycles. The molecule has 0 aromatic carbocycles. The summed E-state index contributed by atoms with van der Waals surface area (Å²) in [5, 5.41) is 8.13. The molecule has 0 fully saturated rings. The zero-order chi connectivity index (χ0) is 15.2.